The number of hydrogen-bond donors (Lipinski definition) is 1. The topological polar surface area (TPSA) is 92.8 Å². The van der Waals surface area contributed by atoms with Crippen molar-refractivity contribution in [1.29, 1.82) is 0 Å². The number of benzene rings is 2. The number of hydrogen-bond acceptors (Lipinski definition) is 5. The quantitative estimate of drug-likeness (QED) is 0.716. The van der Waals surface area contributed by atoms with Crippen molar-refractivity contribution in [3.8, 4) is 5.75 Å². The van der Waals surface area contributed by atoms with Crippen molar-refractivity contribution in [1.82, 2.24) is 4.31 Å². The predicted octanol–water partition coefficient (Wildman–Crippen LogP) is 3.31. The minimum Gasteiger partial charge on any atom is -0.494 e. The van der Waals surface area contributed by atoms with Crippen LogP contribution in [-0.2, 0) is 20.0 Å². The fourth-order valence-corrected chi connectivity index (χ4v) is 5.69. The normalized spacial score (nSPS) is 16.5. The molecule has 1 N–H and O–H groups in total. The molecule has 29 heavy (non-hydrogen) atoms. The summed E-state index contributed by atoms with van der Waals surface area (Å²) in [4.78, 5) is 0.260. The molecule has 0 unspecified atom stereocenters. The molecule has 0 aromatic heterocycles. The van der Waals surface area contributed by atoms with Crippen molar-refractivity contribution in [2.45, 2.75) is 36.5 Å². The number of sulfonamides is 2. The highest BCUT2D eigenvalue weighted by Gasteiger charge is 2.28. The molecular formula is C20H26N2O5S2. The first-order valence-electron chi connectivity index (χ1n) is 9.58. The average molecular weight is 439 g/mol. The van der Waals surface area contributed by atoms with E-state index in [4.69, 9.17) is 4.74 Å². The van der Waals surface area contributed by atoms with Crippen molar-refractivity contribution in [3.63, 3.8) is 0 Å². The Morgan fingerprint density at radius 2 is 1.48 bits per heavy atom. The van der Waals surface area contributed by atoms with Gasteiger partial charge in [0, 0.05) is 18.8 Å². The number of nitrogens with one attached hydrogen (secondary N) is 1. The van der Waals surface area contributed by atoms with E-state index in [1.165, 1.54) is 40.7 Å². The minimum atomic E-state index is -3.79. The second-order valence-corrected chi connectivity index (χ2v) is 10.7. The molecule has 0 amide bonds. The maximum atomic E-state index is 12.8. The van der Waals surface area contributed by atoms with Gasteiger partial charge in [0.15, 0.2) is 0 Å². The van der Waals surface area contributed by atoms with Crippen molar-refractivity contribution in [3.05, 3.63) is 48.5 Å². The zero-order valence-electron chi connectivity index (χ0n) is 16.5. The minimum absolute atomic E-state index is 0.0973. The lowest BCUT2D eigenvalue weighted by Crippen LogP contribution is -2.37. The van der Waals surface area contributed by atoms with E-state index < -0.39 is 20.0 Å². The Kier molecular flexibility index (Phi) is 6.50. The van der Waals surface area contributed by atoms with Crippen LogP contribution in [0.4, 0.5) is 5.69 Å². The van der Waals surface area contributed by atoms with E-state index >= 15 is 0 Å². The maximum Gasteiger partial charge on any atom is 0.261 e. The second kappa shape index (κ2) is 8.73. The van der Waals surface area contributed by atoms with Crippen LogP contribution in [0, 0.1) is 5.92 Å². The van der Waals surface area contributed by atoms with E-state index in [9.17, 15) is 16.8 Å². The van der Waals surface area contributed by atoms with Crippen LogP contribution in [0.3, 0.4) is 0 Å². The molecule has 1 saturated heterocycles. The summed E-state index contributed by atoms with van der Waals surface area (Å²) in [5.41, 5.74) is 0.296. The molecule has 1 aliphatic rings. The van der Waals surface area contributed by atoms with Gasteiger partial charge in [0.05, 0.1) is 16.4 Å². The van der Waals surface area contributed by atoms with Gasteiger partial charge < -0.3 is 4.74 Å². The highest BCUT2D eigenvalue weighted by molar-refractivity contribution is 7.92. The Balaban J connectivity index is 1.72. The van der Waals surface area contributed by atoms with E-state index in [0.717, 1.165) is 12.8 Å². The van der Waals surface area contributed by atoms with Gasteiger partial charge >= 0.3 is 0 Å². The molecule has 0 aliphatic carbocycles. The van der Waals surface area contributed by atoms with E-state index in [2.05, 4.69) is 11.6 Å². The third-order valence-electron chi connectivity index (χ3n) is 4.93. The molecule has 0 radical (unpaired) electrons. The largest absolute Gasteiger partial charge is 0.494 e. The standard InChI is InChI=1S/C20H26N2O5S2/c1-3-27-18-6-10-19(11-7-18)28(23,24)21-17-4-8-20(9-5-17)29(25,26)22-14-12-16(2)13-15-22/h4-11,16,21H,3,12-15H2,1-2H3. The van der Waals surface area contributed by atoms with E-state index in [1.807, 2.05) is 6.92 Å². The molecule has 9 heteroatoms. The van der Waals surface area contributed by atoms with Crippen LogP contribution in [0.2, 0.25) is 0 Å². The number of ether oxygens (including phenoxy) is 1. The SMILES string of the molecule is CCOc1ccc(S(=O)(=O)Nc2ccc(S(=O)(=O)N3CCC(C)CC3)cc2)cc1. The van der Waals surface area contributed by atoms with E-state index in [-0.39, 0.29) is 9.79 Å². The van der Waals surface area contributed by atoms with Crippen molar-refractivity contribution in [2.75, 3.05) is 24.4 Å². The van der Waals surface area contributed by atoms with Crippen LogP contribution in [0.25, 0.3) is 0 Å². The van der Waals surface area contributed by atoms with Gasteiger partial charge in [0.2, 0.25) is 10.0 Å². The Labute approximate surface area is 172 Å². The van der Waals surface area contributed by atoms with Crippen LogP contribution in [0.1, 0.15) is 26.7 Å². The smallest absolute Gasteiger partial charge is 0.261 e. The highest BCUT2D eigenvalue weighted by atomic mass is 32.2. The molecule has 7 nitrogen and oxygen atoms in total. The molecule has 2 aromatic carbocycles. The molecule has 0 bridgehead atoms. The summed E-state index contributed by atoms with van der Waals surface area (Å²) in [6.45, 7) is 5.48. The second-order valence-electron chi connectivity index (χ2n) is 7.12. The van der Waals surface area contributed by atoms with Crippen LogP contribution in [0.15, 0.2) is 58.3 Å². The average Bonchev–Trinajstić information content (AvgIpc) is 2.69. The lowest BCUT2D eigenvalue weighted by Gasteiger charge is -2.29. The molecule has 1 aliphatic heterocycles. The zero-order chi connectivity index (χ0) is 21.1. The summed E-state index contributed by atoms with van der Waals surface area (Å²) < 4.78 is 59.9. The van der Waals surface area contributed by atoms with Gasteiger partial charge in [-0.1, -0.05) is 6.92 Å². The first-order chi connectivity index (χ1) is 13.7. The monoisotopic (exact) mass is 438 g/mol. The lowest BCUT2D eigenvalue weighted by molar-refractivity contribution is 0.288. The van der Waals surface area contributed by atoms with Crippen LogP contribution < -0.4 is 9.46 Å². The molecule has 0 saturated carbocycles. The maximum absolute atomic E-state index is 12.8. The summed E-state index contributed by atoms with van der Waals surface area (Å²) in [6, 6.07) is 11.9. The third kappa shape index (κ3) is 5.09. The number of anilines is 1. The highest BCUT2D eigenvalue weighted by Crippen LogP contribution is 2.25. The molecule has 0 atom stereocenters. The van der Waals surface area contributed by atoms with Gasteiger partial charge in [-0.15, -0.1) is 0 Å². The first kappa shape index (κ1) is 21.6. The molecule has 0 spiro atoms. The van der Waals surface area contributed by atoms with Gasteiger partial charge in [-0.2, -0.15) is 4.31 Å². The van der Waals surface area contributed by atoms with E-state index in [0.29, 0.717) is 37.1 Å². The fraction of sp³-hybridized carbons (Fsp3) is 0.400. The van der Waals surface area contributed by atoms with Gasteiger partial charge in [-0.3, -0.25) is 4.72 Å². The van der Waals surface area contributed by atoms with Crippen LogP contribution >= 0.6 is 0 Å². The number of rotatable bonds is 7. The summed E-state index contributed by atoms with van der Waals surface area (Å²) in [7, 11) is -7.35. The molecular weight excluding hydrogens is 412 g/mol. The van der Waals surface area contributed by atoms with Crippen molar-refractivity contribution >= 4 is 25.7 Å². The summed E-state index contributed by atoms with van der Waals surface area (Å²) in [5, 5.41) is 0. The molecule has 2 aromatic rings. The Morgan fingerprint density at radius 3 is 2.03 bits per heavy atom. The number of piperidine rings is 1. The summed E-state index contributed by atoms with van der Waals surface area (Å²) in [5.74, 6) is 1.12. The first-order valence-corrected chi connectivity index (χ1v) is 12.5. The lowest BCUT2D eigenvalue weighted by atomic mass is 10.0. The molecule has 3 rings (SSSR count). The van der Waals surface area contributed by atoms with Crippen molar-refractivity contribution < 1.29 is 21.6 Å². The van der Waals surface area contributed by atoms with Gasteiger partial charge in [0.25, 0.3) is 10.0 Å². The predicted molar refractivity (Wildman–Crippen MR) is 112 cm³/mol. The van der Waals surface area contributed by atoms with Crippen LogP contribution in [-0.4, -0.2) is 40.8 Å². The molecule has 1 heterocycles. The van der Waals surface area contributed by atoms with Crippen molar-refractivity contribution in [2.24, 2.45) is 5.92 Å². The Bertz CT molecular complexity index is 1030. The molecule has 158 valence electrons. The Hall–Kier alpha value is -2.10. The zero-order valence-corrected chi connectivity index (χ0v) is 18.2. The summed E-state index contributed by atoms with van der Waals surface area (Å²) >= 11 is 0. The molecule has 1 fully saturated rings. The third-order valence-corrected chi connectivity index (χ3v) is 8.24. The van der Waals surface area contributed by atoms with E-state index in [1.54, 1.807) is 12.1 Å². The Morgan fingerprint density at radius 1 is 0.931 bits per heavy atom. The van der Waals surface area contributed by atoms with Gasteiger partial charge in [0.1, 0.15) is 5.75 Å². The summed E-state index contributed by atoms with van der Waals surface area (Å²) in [6.07, 6.45) is 1.69. The van der Waals surface area contributed by atoms with Gasteiger partial charge in [-0.05, 0) is 74.2 Å². The van der Waals surface area contributed by atoms with Crippen LogP contribution in [0.5, 0.6) is 5.75 Å². The number of nitrogens with zero attached hydrogens (tertiary/aromatic N) is 1. The fourth-order valence-electron chi connectivity index (χ4n) is 3.17. The van der Waals surface area contributed by atoms with Gasteiger partial charge in [-0.25, -0.2) is 16.8 Å².